The Labute approximate surface area is 154 Å². The molecule has 7 heteroatoms. The molecule has 5 nitrogen and oxygen atoms in total. The van der Waals surface area contributed by atoms with Crippen molar-refractivity contribution < 1.29 is 14.0 Å². The van der Waals surface area contributed by atoms with Crippen molar-refractivity contribution in [2.75, 3.05) is 19.6 Å². The lowest BCUT2D eigenvalue weighted by atomic mass is 9.91. The smallest absolute Gasteiger partial charge is 0.251 e. The molecular formula is C18H27ClFN3O2. The minimum atomic E-state index is -0.370. The monoisotopic (exact) mass is 371 g/mol. The summed E-state index contributed by atoms with van der Waals surface area (Å²) < 4.78 is 12.8. The summed E-state index contributed by atoms with van der Waals surface area (Å²) in [6, 6.07) is 5.58. The van der Waals surface area contributed by atoms with E-state index in [9.17, 15) is 14.0 Å². The van der Waals surface area contributed by atoms with Crippen molar-refractivity contribution >= 4 is 24.2 Å². The Morgan fingerprint density at radius 3 is 2.44 bits per heavy atom. The molecule has 1 aliphatic rings. The Kier molecular flexibility index (Phi) is 8.86. The maximum absolute atomic E-state index is 12.8. The van der Waals surface area contributed by atoms with Gasteiger partial charge >= 0.3 is 0 Å². The van der Waals surface area contributed by atoms with Gasteiger partial charge in [-0.05, 0) is 56.4 Å². The van der Waals surface area contributed by atoms with E-state index in [-0.39, 0.29) is 36.1 Å². The van der Waals surface area contributed by atoms with Gasteiger partial charge in [0.25, 0.3) is 5.91 Å². The van der Waals surface area contributed by atoms with E-state index in [1.807, 2.05) is 11.8 Å². The number of rotatable bonds is 6. The van der Waals surface area contributed by atoms with E-state index >= 15 is 0 Å². The SMILES string of the molecule is CC(N)C1CCN(C(=O)CCCNC(=O)c2ccc(F)cc2)CC1.Cl. The summed E-state index contributed by atoms with van der Waals surface area (Å²) in [4.78, 5) is 25.9. The van der Waals surface area contributed by atoms with Crippen molar-refractivity contribution in [1.29, 1.82) is 0 Å². The number of nitrogens with one attached hydrogen (secondary N) is 1. The minimum Gasteiger partial charge on any atom is -0.352 e. The second-order valence-corrected chi connectivity index (χ2v) is 6.44. The molecule has 1 saturated heterocycles. The van der Waals surface area contributed by atoms with Gasteiger partial charge in [-0.1, -0.05) is 0 Å². The third-order valence-electron chi connectivity index (χ3n) is 4.60. The topological polar surface area (TPSA) is 75.4 Å². The van der Waals surface area contributed by atoms with Crippen molar-refractivity contribution in [1.82, 2.24) is 10.2 Å². The molecule has 1 aromatic rings. The van der Waals surface area contributed by atoms with Gasteiger partial charge in [-0.15, -0.1) is 12.4 Å². The van der Waals surface area contributed by atoms with Crippen molar-refractivity contribution in [3.8, 4) is 0 Å². The van der Waals surface area contributed by atoms with E-state index in [0.29, 0.717) is 30.9 Å². The predicted molar refractivity (Wildman–Crippen MR) is 98.2 cm³/mol. The number of nitrogens with zero attached hydrogens (tertiary/aromatic N) is 1. The lowest BCUT2D eigenvalue weighted by molar-refractivity contribution is -0.132. The normalized spacial score (nSPS) is 16.0. The van der Waals surface area contributed by atoms with E-state index in [2.05, 4.69) is 5.32 Å². The number of carbonyl (C=O) groups excluding carboxylic acids is 2. The van der Waals surface area contributed by atoms with E-state index in [0.717, 1.165) is 25.9 Å². The van der Waals surface area contributed by atoms with Gasteiger partial charge in [-0.3, -0.25) is 9.59 Å². The van der Waals surface area contributed by atoms with Gasteiger partial charge in [0, 0.05) is 37.7 Å². The highest BCUT2D eigenvalue weighted by Gasteiger charge is 2.24. The molecule has 140 valence electrons. The number of benzene rings is 1. The van der Waals surface area contributed by atoms with Crippen molar-refractivity contribution in [2.45, 2.75) is 38.6 Å². The summed E-state index contributed by atoms with van der Waals surface area (Å²) in [6.45, 7) is 3.99. The van der Waals surface area contributed by atoms with Crippen LogP contribution >= 0.6 is 12.4 Å². The summed E-state index contributed by atoms with van der Waals surface area (Å²) in [6.07, 6.45) is 2.95. The summed E-state index contributed by atoms with van der Waals surface area (Å²) in [7, 11) is 0. The third kappa shape index (κ3) is 6.63. The van der Waals surface area contributed by atoms with Crippen LogP contribution in [0.2, 0.25) is 0 Å². The largest absolute Gasteiger partial charge is 0.352 e. The molecule has 1 aromatic carbocycles. The molecule has 3 N–H and O–H groups in total. The Bertz CT molecular complexity index is 558. The van der Waals surface area contributed by atoms with Crippen LogP contribution < -0.4 is 11.1 Å². The van der Waals surface area contributed by atoms with Crippen LogP contribution in [0.25, 0.3) is 0 Å². The van der Waals surface area contributed by atoms with Gasteiger partial charge in [0.15, 0.2) is 0 Å². The summed E-state index contributed by atoms with van der Waals surface area (Å²) in [5, 5.41) is 2.75. The van der Waals surface area contributed by atoms with E-state index in [4.69, 9.17) is 5.73 Å². The second-order valence-electron chi connectivity index (χ2n) is 6.44. The van der Waals surface area contributed by atoms with Gasteiger partial charge in [0.05, 0.1) is 0 Å². The first-order valence-electron chi connectivity index (χ1n) is 8.54. The highest BCUT2D eigenvalue weighted by atomic mass is 35.5. The molecule has 0 radical (unpaired) electrons. The Balaban J connectivity index is 0.00000312. The van der Waals surface area contributed by atoms with Gasteiger partial charge in [-0.25, -0.2) is 4.39 Å². The maximum atomic E-state index is 12.8. The molecule has 0 bridgehead atoms. The predicted octanol–water partition coefficient (Wildman–Crippen LogP) is 2.34. The standard InChI is InChI=1S/C18H26FN3O2.ClH/c1-13(20)14-8-11-22(12-9-14)17(23)3-2-10-21-18(24)15-4-6-16(19)7-5-15;/h4-7,13-14H,2-3,8-12,20H2,1H3,(H,21,24);1H. The highest BCUT2D eigenvalue weighted by Crippen LogP contribution is 2.20. The van der Waals surface area contributed by atoms with E-state index < -0.39 is 0 Å². The number of piperidine rings is 1. The number of likely N-dealkylation sites (tertiary alicyclic amines) is 1. The molecule has 1 unspecified atom stereocenters. The molecule has 0 aliphatic carbocycles. The molecule has 0 aromatic heterocycles. The van der Waals surface area contributed by atoms with E-state index in [1.54, 1.807) is 0 Å². The Hall–Kier alpha value is -1.66. The molecule has 2 amide bonds. The number of hydrogen-bond donors (Lipinski definition) is 2. The zero-order valence-corrected chi connectivity index (χ0v) is 15.4. The van der Waals surface area contributed by atoms with Crippen LogP contribution in [0.4, 0.5) is 4.39 Å². The van der Waals surface area contributed by atoms with Crippen molar-refractivity contribution in [2.24, 2.45) is 11.7 Å². The molecule has 25 heavy (non-hydrogen) atoms. The fraction of sp³-hybridized carbons (Fsp3) is 0.556. The summed E-state index contributed by atoms with van der Waals surface area (Å²) in [5.41, 5.74) is 6.32. The molecule has 1 aliphatic heterocycles. The first kappa shape index (κ1) is 21.4. The van der Waals surface area contributed by atoms with Crippen LogP contribution in [0.1, 0.15) is 43.0 Å². The Morgan fingerprint density at radius 1 is 1.28 bits per heavy atom. The summed E-state index contributed by atoms with van der Waals surface area (Å²) in [5.74, 6) is 0.0170. The Morgan fingerprint density at radius 2 is 1.88 bits per heavy atom. The first-order valence-corrected chi connectivity index (χ1v) is 8.54. The van der Waals surface area contributed by atoms with Gasteiger partial charge in [0.2, 0.25) is 5.91 Å². The number of halogens is 2. The fourth-order valence-electron chi connectivity index (χ4n) is 2.98. The lowest BCUT2D eigenvalue weighted by Crippen LogP contribution is -2.42. The minimum absolute atomic E-state index is 0. The number of hydrogen-bond acceptors (Lipinski definition) is 3. The average molecular weight is 372 g/mol. The van der Waals surface area contributed by atoms with Crippen LogP contribution in [0.3, 0.4) is 0 Å². The number of carbonyl (C=O) groups is 2. The van der Waals surface area contributed by atoms with Gasteiger partial charge in [-0.2, -0.15) is 0 Å². The molecular weight excluding hydrogens is 345 g/mol. The maximum Gasteiger partial charge on any atom is 0.251 e. The van der Waals surface area contributed by atoms with Crippen molar-refractivity contribution in [3.63, 3.8) is 0 Å². The fourth-order valence-corrected chi connectivity index (χ4v) is 2.98. The molecule has 2 rings (SSSR count). The second kappa shape index (κ2) is 10.4. The molecule has 1 atom stereocenters. The summed E-state index contributed by atoms with van der Waals surface area (Å²) >= 11 is 0. The molecule has 0 spiro atoms. The van der Waals surface area contributed by atoms with Crippen LogP contribution in [-0.2, 0) is 4.79 Å². The average Bonchev–Trinajstić information content (AvgIpc) is 2.59. The zero-order valence-electron chi connectivity index (χ0n) is 14.5. The number of nitrogens with two attached hydrogens (primary N) is 1. The van der Waals surface area contributed by atoms with E-state index in [1.165, 1.54) is 24.3 Å². The quantitative estimate of drug-likeness (QED) is 0.753. The number of amides is 2. The third-order valence-corrected chi connectivity index (χ3v) is 4.60. The highest BCUT2D eigenvalue weighted by molar-refractivity contribution is 5.94. The van der Waals surface area contributed by atoms with Crippen LogP contribution in [-0.4, -0.2) is 42.4 Å². The zero-order chi connectivity index (χ0) is 17.5. The molecule has 1 fully saturated rings. The van der Waals surface area contributed by atoms with Crippen LogP contribution in [0.15, 0.2) is 24.3 Å². The molecule has 0 saturated carbocycles. The van der Waals surface area contributed by atoms with Gasteiger partial charge < -0.3 is 16.0 Å². The van der Waals surface area contributed by atoms with Crippen LogP contribution in [0.5, 0.6) is 0 Å². The molecule has 1 heterocycles. The van der Waals surface area contributed by atoms with Crippen molar-refractivity contribution in [3.05, 3.63) is 35.6 Å². The lowest BCUT2D eigenvalue weighted by Gasteiger charge is -2.33. The first-order chi connectivity index (χ1) is 11.5. The van der Waals surface area contributed by atoms with Gasteiger partial charge in [0.1, 0.15) is 5.82 Å². The van der Waals surface area contributed by atoms with Crippen LogP contribution in [0, 0.1) is 11.7 Å².